The number of anilines is 1. The van der Waals surface area contributed by atoms with Crippen molar-refractivity contribution >= 4 is 5.82 Å². The van der Waals surface area contributed by atoms with Crippen molar-refractivity contribution in [3.05, 3.63) is 71.7 Å². The van der Waals surface area contributed by atoms with E-state index in [4.69, 9.17) is 9.97 Å². The van der Waals surface area contributed by atoms with E-state index in [9.17, 15) is 0 Å². The third-order valence-corrected chi connectivity index (χ3v) is 4.26. The van der Waals surface area contributed by atoms with E-state index in [2.05, 4.69) is 46.8 Å². The number of rotatable bonds is 4. The number of pyridine rings is 1. The van der Waals surface area contributed by atoms with Crippen LogP contribution in [0.4, 0.5) is 5.82 Å². The Morgan fingerprint density at radius 3 is 2.71 bits per heavy atom. The third kappa shape index (κ3) is 2.86. The summed E-state index contributed by atoms with van der Waals surface area (Å²) in [6.45, 7) is 3.72. The molecule has 2 aromatic heterocycles. The second-order valence-corrected chi connectivity index (χ2v) is 5.94. The van der Waals surface area contributed by atoms with Gasteiger partial charge in [0.15, 0.2) is 5.82 Å². The van der Waals surface area contributed by atoms with Gasteiger partial charge in [0, 0.05) is 42.7 Å². The maximum Gasteiger partial charge on any atom is 0.163 e. The molecule has 1 aromatic carbocycles. The summed E-state index contributed by atoms with van der Waals surface area (Å²) < 4.78 is 0. The Morgan fingerprint density at radius 2 is 1.92 bits per heavy atom. The molecule has 3 aromatic rings. The van der Waals surface area contributed by atoms with Gasteiger partial charge in [0.25, 0.3) is 0 Å². The van der Waals surface area contributed by atoms with Crippen LogP contribution in [-0.2, 0) is 13.1 Å². The van der Waals surface area contributed by atoms with Crippen molar-refractivity contribution in [1.29, 1.82) is 0 Å². The Labute approximate surface area is 141 Å². The van der Waals surface area contributed by atoms with E-state index >= 15 is 0 Å². The molecule has 0 saturated heterocycles. The Balaban J connectivity index is 1.71. The summed E-state index contributed by atoms with van der Waals surface area (Å²) in [4.78, 5) is 13.7. The summed E-state index contributed by atoms with van der Waals surface area (Å²) in [5.74, 6) is 1.62. The van der Waals surface area contributed by atoms with E-state index in [1.54, 1.807) is 12.4 Å². The van der Waals surface area contributed by atoms with E-state index in [1.807, 2.05) is 18.2 Å². The molecule has 0 fully saturated rings. The average Bonchev–Trinajstić information content (AvgIpc) is 3.12. The lowest BCUT2D eigenvalue weighted by atomic mass is 10.1. The molecule has 0 saturated carbocycles. The summed E-state index contributed by atoms with van der Waals surface area (Å²) in [6, 6.07) is 14.5. The van der Waals surface area contributed by atoms with Gasteiger partial charge >= 0.3 is 0 Å². The minimum Gasteiger partial charge on any atom is -0.363 e. The quantitative estimate of drug-likeness (QED) is 0.773. The second-order valence-electron chi connectivity index (χ2n) is 5.94. The third-order valence-electron chi connectivity index (χ3n) is 4.26. The predicted octanol–water partition coefficient (Wildman–Crippen LogP) is 3.31. The van der Waals surface area contributed by atoms with Gasteiger partial charge in [-0.15, -0.1) is 0 Å². The fraction of sp³-hybridized carbons (Fsp3) is 0.211. The lowest BCUT2D eigenvalue weighted by molar-refractivity contribution is 0.757. The summed E-state index contributed by atoms with van der Waals surface area (Å²) >= 11 is 0. The summed E-state index contributed by atoms with van der Waals surface area (Å²) in [6.07, 6.45) is 3.56. The van der Waals surface area contributed by atoms with Crippen molar-refractivity contribution in [1.82, 2.24) is 20.3 Å². The fourth-order valence-corrected chi connectivity index (χ4v) is 2.94. The van der Waals surface area contributed by atoms with Gasteiger partial charge in [-0.05, 0) is 24.6 Å². The molecule has 0 amide bonds. The Kier molecular flexibility index (Phi) is 3.92. The van der Waals surface area contributed by atoms with Gasteiger partial charge in [-0.25, -0.2) is 9.97 Å². The molecule has 5 heteroatoms. The topological polar surface area (TPSA) is 62.7 Å². The number of hydrogen-bond acceptors (Lipinski definition) is 5. The molecule has 2 N–H and O–H groups in total. The van der Waals surface area contributed by atoms with E-state index < -0.39 is 0 Å². The first kappa shape index (κ1) is 14.8. The number of fused-ring (bicyclic) bond motifs is 1. The van der Waals surface area contributed by atoms with E-state index in [-0.39, 0.29) is 6.04 Å². The Morgan fingerprint density at radius 1 is 1.04 bits per heavy atom. The molecule has 5 nitrogen and oxygen atoms in total. The summed E-state index contributed by atoms with van der Waals surface area (Å²) in [5, 5.41) is 6.92. The van der Waals surface area contributed by atoms with Crippen molar-refractivity contribution in [3.8, 4) is 11.4 Å². The molecule has 0 unspecified atom stereocenters. The number of aromatic nitrogens is 3. The van der Waals surface area contributed by atoms with Gasteiger partial charge in [-0.2, -0.15) is 0 Å². The van der Waals surface area contributed by atoms with Crippen LogP contribution in [0.15, 0.2) is 54.9 Å². The highest BCUT2D eigenvalue weighted by molar-refractivity contribution is 5.60. The lowest BCUT2D eigenvalue weighted by Gasteiger charge is -2.18. The van der Waals surface area contributed by atoms with Crippen LogP contribution in [0.3, 0.4) is 0 Å². The molecule has 24 heavy (non-hydrogen) atoms. The minimum atomic E-state index is 0.174. The number of benzene rings is 1. The zero-order chi connectivity index (χ0) is 16.4. The number of nitrogens with one attached hydrogen (secondary N) is 2. The highest BCUT2D eigenvalue weighted by Gasteiger charge is 2.20. The van der Waals surface area contributed by atoms with Crippen LogP contribution in [0.25, 0.3) is 11.4 Å². The molecule has 1 aliphatic rings. The number of hydrogen-bond donors (Lipinski definition) is 2. The van der Waals surface area contributed by atoms with Crippen LogP contribution in [-0.4, -0.2) is 15.0 Å². The molecule has 1 aliphatic heterocycles. The van der Waals surface area contributed by atoms with Gasteiger partial charge in [-0.1, -0.05) is 30.3 Å². The second kappa shape index (κ2) is 6.37. The van der Waals surface area contributed by atoms with Crippen LogP contribution in [0, 0.1) is 0 Å². The highest BCUT2D eigenvalue weighted by atomic mass is 15.1. The van der Waals surface area contributed by atoms with Crippen LogP contribution in [0.1, 0.15) is 29.8 Å². The zero-order valence-electron chi connectivity index (χ0n) is 13.5. The molecule has 0 spiro atoms. The first-order chi connectivity index (χ1) is 11.8. The molecule has 1 atom stereocenters. The highest BCUT2D eigenvalue weighted by Crippen LogP contribution is 2.28. The van der Waals surface area contributed by atoms with Crippen molar-refractivity contribution in [2.75, 3.05) is 5.32 Å². The molecular formula is C19H19N5. The summed E-state index contributed by atoms with van der Waals surface area (Å²) in [7, 11) is 0. The monoisotopic (exact) mass is 317 g/mol. The van der Waals surface area contributed by atoms with Crippen LogP contribution >= 0.6 is 0 Å². The SMILES string of the molecule is C[C@H](Nc1nc(-c2cccnc2)nc2c1CNC2)c1ccccc1. The van der Waals surface area contributed by atoms with Gasteiger partial charge in [0.1, 0.15) is 5.82 Å². The maximum atomic E-state index is 4.78. The van der Waals surface area contributed by atoms with Gasteiger partial charge in [0.05, 0.1) is 5.69 Å². The normalized spacial score (nSPS) is 14.2. The van der Waals surface area contributed by atoms with E-state index in [0.717, 1.165) is 35.7 Å². The number of nitrogens with zero attached hydrogens (tertiary/aromatic N) is 3. The standard InChI is InChI=1S/C19H19N5/c1-13(14-6-3-2-4-7-14)22-19-16-11-21-12-17(16)23-18(24-19)15-8-5-9-20-10-15/h2-10,13,21H,11-12H2,1H3,(H,22,23,24)/t13-/m0/s1. The largest absolute Gasteiger partial charge is 0.363 e. The van der Waals surface area contributed by atoms with E-state index in [1.165, 1.54) is 5.56 Å². The molecule has 0 aliphatic carbocycles. The van der Waals surface area contributed by atoms with Gasteiger partial charge in [-0.3, -0.25) is 4.98 Å². The van der Waals surface area contributed by atoms with E-state index in [0.29, 0.717) is 5.82 Å². The average molecular weight is 317 g/mol. The zero-order valence-corrected chi connectivity index (χ0v) is 13.5. The van der Waals surface area contributed by atoms with Crippen molar-refractivity contribution < 1.29 is 0 Å². The molecule has 3 heterocycles. The Hall–Kier alpha value is -2.79. The predicted molar refractivity (Wildman–Crippen MR) is 94.3 cm³/mol. The van der Waals surface area contributed by atoms with Crippen LogP contribution in [0.5, 0.6) is 0 Å². The van der Waals surface area contributed by atoms with Crippen molar-refractivity contribution in [2.24, 2.45) is 0 Å². The van der Waals surface area contributed by atoms with Gasteiger partial charge in [0.2, 0.25) is 0 Å². The smallest absolute Gasteiger partial charge is 0.163 e. The first-order valence-electron chi connectivity index (χ1n) is 8.13. The van der Waals surface area contributed by atoms with Crippen molar-refractivity contribution in [2.45, 2.75) is 26.1 Å². The first-order valence-corrected chi connectivity index (χ1v) is 8.13. The van der Waals surface area contributed by atoms with Crippen LogP contribution < -0.4 is 10.6 Å². The molecule has 0 radical (unpaired) electrons. The molecule has 0 bridgehead atoms. The fourth-order valence-electron chi connectivity index (χ4n) is 2.94. The molecule has 120 valence electrons. The molecular weight excluding hydrogens is 298 g/mol. The Bertz CT molecular complexity index is 833. The van der Waals surface area contributed by atoms with Crippen LogP contribution in [0.2, 0.25) is 0 Å². The minimum absolute atomic E-state index is 0.174. The maximum absolute atomic E-state index is 4.78. The van der Waals surface area contributed by atoms with Crippen molar-refractivity contribution in [3.63, 3.8) is 0 Å². The summed E-state index contributed by atoms with van der Waals surface area (Å²) in [5.41, 5.74) is 4.39. The van der Waals surface area contributed by atoms with Gasteiger partial charge < -0.3 is 10.6 Å². The molecule has 4 rings (SSSR count). The lowest BCUT2D eigenvalue weighted by Crippen LogP contribution is -2.12.